The number of halogens is 2. The quantitative estimate of drug-likeness (QED) is 0.838. The van der Waals surface area contributed by atoms with Gasteiger partial charge in [0.05, 0.1) is 10.0 Å². The standard InChI is InChI=1S/C12H11Cl2NO3/c1-6(7(2)12(17)18)11(16)15-8-3-4-9(13)10(14)5-8/h3-5H,1-2H3,(H,15,16)(H,17,18). The third-order valence-corrected chi connectivity index (χ3v) is 3.14. The lowest BCUT2D eigenvalue weighted by Crippen LogP contribution is -2.16. The smallest absolute Gasteiger partial charge is 0.331 e. The predicted octanol–water partition coefficient (Wildman–Crippen LogP) is 3.35. The van der Waals surface area contributed by atoms with Crippen molar-refractivity contribution in [2.45, 2.75) is 13.8 Å². The van der Waals surface area contributed by atoms with Crippen molar-refractivity contribution in [2.75, 3.05) is 5.32 Å². The van der Waals surface area contributed by atoms with Crippen LogP contribution in [0.5, 0.6) is 0 Å². The summed E-state index contributed by atoms with van der Waals surface area (Å²) in [7, 11) is 0. The van der Waals surface area contributed by atoms with Gasteiger partial charge < -0.3 is 10.4 Å². The Kier molecular flexibility index (Phi) is 4.76. The number of amides is 1. The van der Waals surface area contributed by atoms with E-state index in [-0.39, 0.29) is 11.1 Å². The molecule has 0 atom stereocenters. The molecular weight excluding hydrogens is 277 g/mol. The van der Waals surface area contributed by atoms with E-state index in [9.17, 15) is 9.59 Å². The van der Waals surface area contributed by atoms with E-state index in [1.807, 2.05) is 0 Å². The average molecular weight is 288 g/mol. The van der Waals surface area contributed by atoms with Crippen LogP contribution < -0.4 is 5.32 Å². The molecule has 0 saturated carbocycles. The summed E-state index contributed by atoms with van der Waals surface area (Å²) in [5.41, 5.74) is 0.577. The van der Waals surface area contributed by atoms with Gasteiger partial charge in [-0.1, -0.05) is 23.2 Å². The third-order valence-electron chi connectivity index (χ3n) is 2.40. The van der Waals surface area contributed by atoms with Crippen molar-refractivity contribution < 1.29 is 14.7 Å². The van der Waals surface area contributed by atoms with Gasteiger partial charge in [-0.15, -0.1) is 0 Å². The van der Waals surface area contributed by atoms with Crippen LogP contribution in [0.15, 0.2) is 29.3 Å². The maximum Gasteiger partial charge on any atom is 0.331 e. The molecule has 6 heteroatoms. The Morgan fingerprint density at radius 2 is 1.72 bits per heavy atom. The number of carboxylic acid groups (broad SMARTS) is 1. The number of anilines is 1. The van der Waals surface area contributed by atoms with E-state index in [0.717, 1.165) is 0 Å². The minimum Gasteiger partial charge on any atom is -0.478 e. The molecule has 0 aliphatic carbocycles. The van der Waals surface area contributed by atoms with Gasteiger partial charge in [0.1, 0.15) is 0 Å². The van der Waals surface area contributed by atoms with E-state index in [1.165, 1.54) is 19.9 Å². The number of rotatable bonds is 3. The first-order chi connectivity index (χ1) is 8.32. The summed E-state index contributed by atoms with van der Waals surface area (Å²) in [6.07, 6.45) is 0. The number of hydrogen-bond donors (Lipinski definition) is 2. The van der Waals surface area contributed by atoms with Crippen molar-refractivity contribution in [1.82, 2.24) is 0 Å². The van der Waals surface area contributed by atoms with E-state index in [0.29, 0.717) is 15.7 Å². The van der Waals surface area contributed by atoms with E-state index in [4.69, 9.17) is 28.3 Å². The van der Waals surface area contributed by atoms with Crippen LogP contribution >= 0.6 is 23.2 Å². The molecule has 0 aliphatic heterocycles. The van der Waals surface area contributed by atoms with Crippen LogP contribution in [0.2, 0.25) is 10.0 Å². The van der Waals surface area contributed by atoms with Gasteiger partial charge in [-0.2, -0.15) is 0 Å². The molecule has 2 N–H and O–H groups in total. The zero-order valence-corrected chi connectivity index (χ0v) is 11.3. The third kappa shape index (κ3) is 3.48. The first-order valence-electron chi connectivity index (χ1n) is 5.00. The number of carbonyl (C=O) groups is 2. The van der Waals surface area contributed by atoms with Gasteiger partial charge in [-0.3, -0.25) is 4.79 Å². The van der Waals surface area contributed by atoms with Crippen molar-refractivity contribution in [3.63, 3.8) is 0 Å². The molecule has 0 aromatic heterocycles. The summed E-state index contributed by atoms with van der Waals surface area (Å²) in [6, 6.07) is 4.61. The van der Waals surface area contributed by atoms with Gasteiger partial charge in [0.2, 0.25) is 0 Å². The Morgan fingerprint density at radius 1 is 1.11 bits per heavy atom. The molecule has 1 rings (SSSR count). The summed E-state index contributed by atoms with van der Waals surface area (Å²) in [4.78, 5) is 22.5. The highest BCUT2D eigenvalue weighted by molar-refractivity contribution is 6.42. The maximum atomic E-state index is 11.7. The van der Waals surface area contributed by atoms with Crippen LogP contribution in [-0.4, -0.2) is 17.0 Å². The molecular formula is C12H11Cl2NO3. The van der Waals surface area contributed by atoms with Gasteiger partial charge in [-0.05, 0) is 32.0 Å². The summed E-state index contributed by atoms with van der Waals surface area (Å²) in [6.45, 7) is 2.81. The predicted molar refractivity (Wildman–Crippen MR) is 71.1 cm³/mol. The molecule has 0 spiro atoms. The van der Waals surface area contributed by atoms with Crippen LogP contribution in [-0.2, 0) is 9.59 Å². The second-order valence-electron chi connectivity index (χ2n) is 3.64. The van der Waals surface area contributed by atoms with Gasteiger partial charge in [-0.25, -0.2) is 4.79 Å². The van der Waals surface area contributed by atoms with Crippen LogP contribution in [0.4, 0.5) is 5.69 Å². The molecule has 1 aromatic rings. The van der Waals surface area contributed by atoms with Crippen molar-refractivity contribution in [3.8, 4) is 0 Å². The van der Waals surface area contributed by atoms with E-state index in [2.05, 4.69) is 5.32 Å². The maximum absolute atomic E-state index is 11.7. The lowest BCUT2D eigenvalue weighted by atomic mass is 10.1. The second-order valence-corrected chi connectivity index (χ2v) is 4.45. The highest BCUT2D eigenvalue weighted by atomic mass is 35.5. The Balaban J connectivity index is 2.92. The summed E-state index contributed by atoms with van der Waals surface area (Å²) >= 11 is 11.5. The number of carboxylic acids is 1. The fourth-order valence-electron chi connectivity index (χ4n) is 1.13. The van der Waals surface area contributed by atoms with Crippen LogP contribution in [0.3, 0.4) is 0 Å². The Bertz CT molecular complexity index is 538. The minimum atomic E-state index is -1.13. The molecule has 0 unspecified atom stereocenters. The zero-order chi connectivity index (χ0) is 13.9. The lowest BCUT2D eigenvalue weighted by molar-refractivity contribution is -0.133. The molecule has 0 saturated heterocycles. The SMILES string of the molecule is CC(C(=O)O)=C(C)C(=O)Nc1ccc(Cl)c(Cl)c1. The average Bonchev–Trinajstić information content (AvgIpc) is 2.31. The van der Waals surface area contributed by atoms with Crippen LogP contribution in [0, 0.1) is 0 Å². The van der Waals surface area contributed by atoms with E-state index >= 15 is 0 Å². The second kappa shape index (κ2) is 5.89. The monoisotopic (exact) mass is 287 g/mol. The fraction of sp³-hybridized carbons (Fsp3) is 0.167. The van der Waals surface area contributed by atoms with Crippen molar-refractivity contribution in [2.24, 2.45) is 0 Å². The molecule has 18 heavy (non-hydrogen) atoms. The Hall–Kier alpha value is -1.52. The van der Waals surface area contributed by atoms with E-state index in [1.54, 1.807) is 12.1 Å². The molecule has 0 heterocycles. The summed E-state index contributed by atoms with van der Waals surface area (Å²) < 4.78 is 0. The largest absolute Gasteiger partial charge is 0.478 e. The molecule has 0 fully saturated rings. The van der Waals surface area contributed by atoms with Crippen molar-refractivity contribution in [1.29, 1.82) is 0 Å². The number of benzene rings is 1. The van der Waals surface area contributed by atoms with E-state index < -0.39 is 11.9 Å². The van der Waals surface area contributed by atoms with Gasteiger partial charge in [0, 0.05) is 16.8 Å². The minimum absolute atomic E-state index is 0.00689. The molecule has 0 bridgehead atoms. The van der Waals surface area contributed by atoms with Gasteiger partial charge in [0.25, 0.3) is 5.91 Å². The zero-order valence-electron chi connectivity index (χ0n) is 9.75. The van der Waals surface area contributed by atoms with Crippen LogP contribution in [0.25, 0.3) is 0 Å². The van der Waals surface area contributed by atoms with Crippen molar-refractivity contribution >= 4 is 40.8 Å². The normalized spacial score (nSPS) is 11.8. The molecule has 1 aromatic carbocycles. The lowest BCUT2D eigenvalue weighted by Gasteiger charge is -2.07. The van der Waals surface area contributed by atoms with Gasteiger partial charge >= 0.3 is 5.97 Å². The number of carbonyl (C=O) groups excluding carboxylic acids is 1. The first-order valence-corrected chi connectivity index (χ1v) is 5.75. The molecule has 1 amide bonds. The number of aliphatic carboxylic acids is 1. The molecule has 96 valence electrons. The van der Waals surface area contributed by atoms with Gasteiger partial charge in [0.15, 0.2) is 0 Å². The number of nitrogens with one attached hydrogen (secondary N) is 1. The first kappa shape index (κ1) is 14.5. The summed E-state index contributed by atoms with van der Waals surface area (Å²) in [5, 5.41) is 12.0. The molecule has 0 aliphatic rings. The molecule has 4 nitrogen and oxygen atoms in total. The highest BCUT2D eigenvalue weighted by Crippen LogP contribution is 2.25. The highest BCUT2D eigenvalue weighted by Gasteiger charge is 2.13. The Morgan fingerprint density at radius 3 is 2.22 bits per heavy atom. The number of hydrogen-bond acceptors (Lipinski definition) is 2. The Labute approximate surface area is 114 Å². The van der Waals surface area contributed by atoms with Crippen LogP contribution in [0.1, 0.15) is 13.8 Å². The molecule has 0 radical (unpaired) electrons. The summed E-state index contributed by atoms with van der Waals surface area (Å²) in [5.74, 6) is -1.62. The fourth-order valence-corrected chi connectivity index (χ4v) is 1.43. The van der Waals surface area contributed by atoms with Crippen molar-refractivity contribution in [3.05, 3.63) is 39.4 Å². The topological polar surface area (TPSA) is 66.4 Å².